The Morgan fingerprint density at radius 2 is 1.82 bits per heavy atom. The van der Waals surface area contributed by atoms with Crippen LogP contribution in [0.25, 0.3) is 0 Å². The van der Waals surface area contributed by atoms with Gasteiger partial charge in [0.25, 0.3) is 0 Å². The van der Waals surface area contributed by atoms with Gasteiger partial charge in [-0.05, 0) is 64.9 Å². The highest BCUT2D eigenvalue weighted by Gasteiger charge is 2.41. The van der Waals surface area contributed by atoms with E-state index in [1.54, 1.807) is 27.8 Å². The van der Waals surface area contributed by atoms with Crippen LogP contribution in [0.5, 0.6) is 0 Å². The molecule has 3 heterocycles. The van der Waals surface area contributed by atoms with Crippen molar-refractivity contribution in [3.8, 4) is 11.8 Å². The van der Waals surface area contributed by atoms with Crippen LogP contribution in [-0.2, 0) is 14.3 Å². The lowest BCUT2D eigenvalue weighted by Crippen LogP contribution is -2.47. The minimum atomic E-state index is -1.10. The van der Waals surface area contributed by atoms with Crippen molar-refractivity contribution in [1.29, 1.82) is 0 Å². The Balaban J connectivity index is 1.60. The lowest BCUT2D eigenvalue weighted by Gasteiger charge is -2.34. The third-order valence-electron chi connectivity index (χ3n) is 7.69. The summed E-state index contributed by atoms with van der Waals surface area (Å²) in [7, 11) is 1.68. The minimum Gasteiger partial charge on any atom is -0.477 e. The van der Waals surface area contributed by atoms with E-state index in [-0.39, 0.29) is 47.0 Å². The number of likely N-dealkylation sites (N-methyl/N-ethyl adjacent to an activating group) is 1. The molecular formula is C29H39N3O6S. The van der Waals surface area contributed by atoms with E-state index >= 15 is 0 Å². The molecule has 1 aliphatic carbocycles. The second-order valence-corrected chi connectivity index (χ2v) is 13.2. The number of hydrogen-bond acceptors (Lipinski definition) is 6. The van der Waals surface area contributed by atoms with E-state index in [0.29, 0.717) is 36.0 Å². The molecule has 0 radical (unpaired) electrons. The second-order valence-electron chi connectivity index (χ2n) is 12.2. The van der Waals surface area contributed by atoms with Gasteiger partial charge in [0, 0.05) is 31.5 Å². The van der Waals surface area contributed by atoms with E-state index in [0.717, 1.165) is 37.0 Å². The highest BCUT2D eigenvalue weighted by atomic mass is 32.1. The summed E-state index contributed by atoms with van der Waals surface area (Å²) >= 11 is 1.08. The summed E-state index contributed by atoms with van der Waals surface area (Å²) in [4.78, 5) is 56.6. The fourth-order valence-corrected chi connectivity index (χ4v) is 6.30. The summed E-state index contributed by atoms with van der Waals surface area (Å²) in [5.74, 6) is 5.39. The third kappa shape index (κ3) is 6.93. The van der Waals surface area contributed by atoms with E-state index in [1.807, 2.05) is 20.8 Å². The normalized spacial score (nSPS) is 25.3. The van der Waals surface area contributed by atoms with Gasteiger partial charge in [-0.3, -0.25) is 9.59 Å². The van der Waals surface area contributed by atoms with Gasteiger partial charge in [0.15, 0.2) is 0 Å². The van der Waals surface area contributed by atoms with Crippen LogP contribution in [0.3, 0.4) is 0 Å². The van der Waals surface area contributed by atoms with Crippen LogP contribution >= 0.6 is 11.3 Å². The Bertz CT molecular complexity index is 1180. The van der Waals surface area contributed by atoms with Crippen molar-refractivity contribution in [2.45, 2.75) is 78.4 Å². The van der Waals surface area contributed by atoms with Gasteiger partial charge in [-0.1, -0.05) is 18.8 Å². The van der Waals surface area contributed by atoms with Crippen LogP contribution in [0, 0.1) is 29.1 Å². The SMILES string of the molecule is CC1CCC(C(=O)N(c2cc(C#CC(C)(C)C)sc2C(=O)O)[C@H]2CCN(C(=O)O[C@H]3CC(=O)N(C)C3)C2)CC1. The number of aromatic carboxylic acids is 1. The number of nitrogens with zero attached hydrogens (tertiary/aromatic N) is 3. The average Bonchev–Trinajstić information content (AvgIpc) is 3.58. The maximum absolute atomic E-state index is 14.0. The number of likely N-dealkylation sites (tertiary alicyclic amines) is 2. The smallest absolute Gasteiger partial charge is 0.410 e. The lowest BCUT2D eigenvalue weighted by molar-refractivity contribution is -0.126. The molecule has 0 bridgehead atoms. The predicted octanol–water partition coefficient (Wildman–Crippen LogP) is 4.44. The average molecular weight is 558 g/mol. The van der Waals surface area contributed by atoms with Gasteiger partial charge in [-0.2, -0.15) is 0 Å². The van der Waals surface area contributed by atoms with Crippen molar-refractivity contribution in [3.05, 3.63) is 15.8 Å². The first-order chi connectivity index (χ1) is 18.3. The molecule has 212 valence electrons. The molecule has 2 atom stereocenters. The largest absolute Gasteiger partial charge is 0.477 e. The molecule has 0 unspecified atom stereocenters. The van der Waals surface area contributed by atoms with Crippen LogP contribution < -0.4 is 4.90 Å². The molecule has 2 aliphatic heterocycles. The predicted molar refractivity (Wildman–Crippen MR) is 149 cm³/mol. The number of carboxylic acid groups (broad SMARTS) is 1. The molecule has 1 aromatic rings. The molecule has 4 rings (SSSR count). The van der Waals surface area contributed by atoms with Crippen LogP contribution in [0.1, 0.15) is 80.8 Å². The fraction of sp³-hybridized carbons (Fsp3) is 0.655. The number of rotatable bonds is 5. The van der Waals surface area contributed by atoms with Gasteiger partial charge >= 0.3 is 12.1 Å². The molecule has 10 heteroatoms. The number of carbonyl (C=O) groups is 4. The van der Waals surface area contributed by atoms with E-state index in [2.05, 4.69) is 18.8 Å². The maximum Gasteiger partial charge on any atom is 0.410 e. The molecule has 3 aliphatic rings. The molecule has 2 saturated heterocycles. The standard InChI is InChI=1S/C29H39N3O6S/c1-18-6-8-19(9-7-18)26(34)32(23-15-22(10-12-29(2,3)4)39-25(23)27(35)36)20-11-13-31(16-20)28(37)38-21-14-24(33)30(5)17-21/h15,18-21H,6-9,11,13-14,16-17H2,1-5H3,(H,35,36)/t18?,19?,20-,21-/m0/s1. The summed E-state index contributed by atoms with van der Waals surface area (Å²) < 4.78 is 5.60. The first-order valence-electron chi connectivity index (χ1n) is 13.7. The van der Waals surface area contributed by atoms with E-state index < -0.39 is 18.2 Å². The van der Waals surface area contributed by atoms with Crippen molar-refractivity contribution in [2.24, 2.45) is 17.3 Å². The van der Waals surface area contributed by atoms with E-state index in [9.17, 15) is 24.3 Å². The minimum absolute atomic E-state index is 0.0605. The van der Waals surface area contributed by atoms with Crippen molar-refractivity contribution < 1.29 is 29.0 Å². The first kappa shape index (κ1) is 28.9. The molecule has 0 spiro atoms. The number of amides is 3. The van der Waals surface area contributed by atoms with Gasteiger partial charge in [-0.25, -0.2) is 9.59 Å². The molecule has 39 heavy (non-hydrogen) atoms. The Hall–Kier alpha value is -3.06. The zero-order valence-electron chi connectivity index (χ0n) is 23.5. The number of thiophene rings is 1. The Morgan fingerprint density at radius 1 is 1.13 bits per heavy atom. The Labute approximate surface area is 234 Å². The molecule has 9 nitrogen and oxygen atoms in total. The van der Waals surface area contributed by atoms with Gasteiger partial charge in [0.1, 0.15) is 11.0 Å². The van der Waals surface area contributed by atoms with E-state index in [1.165, 1.54) is 0 Å². The highest BCUT2D eigenvalue weighted by Crippen LogP contribution is 2.38. The van der Waals surface area contributed by atoms with Gasteiger partial charge in [0.2, 0.25) is 11.8 Å². The van der Waals surface area contributed by atoms with Crippen LogP contribution in [0.4, 0.5) is 10.5 Å². The maximum atomic E-state index is 14.0. The summed E-state index contributed by atoms with van der Waals surface area (Å²) in [5, 5.41) is 10.1. The summed E-state index contributed by atoms with van der Waals surface area (Å²) in [5.41, 5.74) is 0.102. The zero-order valence-corrected chi connectivity index (χ0v) is 24.3. The summed E-state index contributed by atoms with van der Waals surface area (Å²) in [6.45, 7) is 9.13. The zero-order chi connectivity index (χ0) is 28.5. The first-order valence-corrected chi connectivity index (χ1v) is 14.6. The second kappa shape index (κ2) is 11.6. The molecule has 0 aromatic carbocycles. The van der Waals surface area contributed by atoms with Crippen molar-refractivity contribution in [2.75, 3.05) is 31.6 Å². The molecule has 3 fully saturated rings. The van der Waals surface area contributed by atoms with Gasteiger partial charge in [-0.15, -0.1) is 11.3 Å². The number of anilines is 1. The highest BCUT2D eigenvalue weighted by molar-refractivity contribution is 7.15. The fourth-order valence-electron chi connectivity index (χ4n) is 5.46. The number of carbonyl (C=O) groups excluding carboxylic acids is 3. The quantitative estimate of drug-likeness (QED) is 0.536. The molecular weight excluding hydrogens is 518 g/mol. The topological polar surface area (TPSA) is 107 Å². The number of carboxylic acids is 1. The number of ether oxygens (including phenoxy) is 1. The molecule has 1 saturated carbocycles. The van der Waals surface area contributed by atoms with Gasteiger partial charge in [0.05, 0.1) is 29.6 Å². The molecule has 1 aromatic heterocycles. The third-order valence-corrected chi connectivity index (χ3v) is 8.72. The van der Waals surface area contributed by atoms with Crippen LogP contribution in [0.2, 0.25) is 0 Å². The van der Waals surface area contributed by atoms with Crippen LogP contribution in [-0.4, -0.2) is 77.6 Å². The van der Waals surface area contributed by atoms with Crippen molar-refractivity contribution in [3.63, 3.8) is 0 Å². The van der Waals surface area contributed by atoms with Crippen LogP contribution in [0.15, 0.2) is 6.07 Å². The summed E-state index contributed by atoms with van der Waals surface area (Å²) in [6, 6.07) is 1.34. The Morgan fingerprint density at radius 3 is 2.41 bits per heavy atom. The Kier molecular flexibility index (Phi) is 8.60. The van der Waals surface area contributed by atoms with Crippen molar-refractivity contribution in [1.82, 2.24) is 9.80 Å². The monoisotopic (exact) mass is 557 g/mol. The van der Waals surface area contributed by atoms with Crippen molar-refractivity contribution >= 4 is 40.9 Å². The number of hydrogen-bond donors (Lipinski definition) is 1. The van der Waals surface area contributed by atoms with E-state index in [4.69, 9.17) is 4.74 Å². The van der Waals surface area contributed by atoms with Gasteiger partial charge < -0.3 is 24.5 Å². The molecule has 1 N–H and O–H groups in total. The lowest BCUT2D eigenvalue weighted by atomic mass is 9.82. The summed E-state index contributed by atoms with van der Waals surface area (Å²) in [6.07, 6.45) is 3.12. The molecule has 3 amide bonds.